The average Bonchev–Trinajstić information content (AvgIpc) is 3.25. The third-order valence-electron chi connectivity index (χ3n) is 5.21. The van der Waals surface area contributed by atoms with E-state index in [4.69, 9.17) is 9.47 Å². The van der Waals surface area contributed by atoms with Gasteiger partial charge in [-0.2, -0.15) is 4.72 Å². The highest BCUT2D eigenvalue weighted by Gasteiger charge is 2.27. The number of hydrogen-bond acceptors (Lipinski definition) is 5. The summed E-state index contributed by atoms with van der Waals surface area (Å²) in [7, 11) is -3.83. The zero-order valence-electron chi connectivity index (χ0n) is 18.8. The Morgan fingerprint density at radius 3 is 2.59 bits per heavy atom. The van der Waals surface area contributed by atoms with Crippen molar-refractivity contribution in [1.29, 1.82) is 0 Å². The minimum Gasteiger partial charge on any atom is -0.491 e. The van der Waals surface area contributed by atoms with E-state index in [0.717, 1.165) is 25.0 Å². The van der Waals surface area contributed by atoms with Crippen molar-refractivity contribution in [3.63, 3.8) is 0 Å². The van der Waals surface area contributed by atoms with Crippen molar-refractivity contribution in [3.05, 3.63) is 54.1 Å². The van der Waals surface area contributed by atoms with Crippen LogP contribution in [0.2, 0.25) is 0 Å². The zero-order valence-corrected chi connectivity index (χ0v) is 19.7. The van der Waals surface area contributed by atoms with Crippen molar-refractivity contribution in [3.8, 4) is 5.75 Å². The number of anilines is 1. The van der Waals surface area contributed by atoms with Crippen LogP contribution in [0.3, 0.4) is 0 Å². The van der Waals surface area contributed by atoms with Crippen LogP contribution >= 0.6 is 0 Å². The number of hydrogen-bond donors (Lipinski definition) is 2. The molecular weight excluding hydrogens is 428 g/mol. The van der Waals surface area contributed by atoms with Gasteiger partial charge < -0.3 is 14.8 Å². The van der Waals surface area contributed by atoms with Crippen LogP contribution in [0.4, 0.5) is 5.69 Å². The molecule has 0 bridgehead atoms. The van der Waals surface area contributed by atoms with Gasteiger partial charge in [-0.05, 0) is 56.4 Å². The summed E-state index contributed by atoms with van der Waals surface area (Å²) in [5, 5.41) is 2.82. The number of amides is 1. The molecule has 2 aromatic carbocycles. The lowest BCUT2D eigenvalue weighted by atomic mass is 10.0. The molecule has 1 saturated heterocycles. The molecule has 2 aromatic rings. The van der Waals surface area contributed by atoms with Crippen molar-refractivity contribution < 1.29 is 22.7 Å². The van der Waals surface area contributed by atoms with Gasteiger partial charge in [0.1, 0.15) is 18.4 Å². The molecule has 1 heterocycles. The summed E-state index contributed by atoms with van der Waals surface area (Å²) in [4.78, 5) is 13.1. The van der Waals surface area contributed by atoms with Gasteiger partial charge in [0, 0.05) is 18.4 Å². The third kappa shape index (κ3) is 7.05. The zero-order chi connectivity index (χ0) is 23.1. The molecule has 1 aliphatic heterocycles. The topological polar surface area (TPSA) is 93.7 Å². The molecule has 0 radical (unpaired) electrons. The molecule has 2 N–H and O–H groups in total. The van der Waals surface area contributed by atoms with Crippen LogP contribution in [-0.4, -0.2) is 39.7 Å². The minimum absolute atomic E-state index is 0.0971. The summed E-state index contributed by atoms with van der Waals surface area (Å²) >= 11 is 0. The maximum Gasteiger partial charge on any atom is 0.242 e. The number of ether oxygens (including phenoxy) is 2. The van der Waals surface area contributed by atoms with E-state index in [1.165, 1.54) is 12.1 Å². The van der Waals surface area contributed by atoms with E-state index in [1.54, 1.807) is 30.3 Å². The van der Waals surface area contributed by atoms with Crippen LogP contribution in [0, 0.1) is 12.8 Å². The largest absolute Gasteiger partial charge is 0.491 e. The van der Waals surface area contributed by atoms with Crippen LogP contribution in [0.25, 0.3) is 0 Å². The highest BCUT2D eigenvalue weighted by Crippen LogP contribution is 2.21. The average molecular weight is 461 g/mol. The second-order valence-electron chi connectivity index (χ2n) is 8.58. The van der Waals surface area contributed by atoms with Gasteiger partial charge in [0.25, 0.3) is 0 Å². The van der Waals surface area contributed by atoms with Crippen LogP contribution < -0.4 is 14.8 Å². The Balaban J connectivity index is 1.67. The first-order valence-electron chi connectivity index (χ1n) is 11.0. The van der Waals surface area contributed by atoms with Crippen molar-refractivity contribution in [2.45, 2.75) is 57.1 Å². The summed E-state index contributed by atoms with van der Waals surface area (Å²) in [6.07, 6.45) is 2.49. The molecule has 7 nitrogen and oxygen atoms in total. The summed E-state index contributed by atoms with van der Waals surface area (Å²) in [6, 6.07) is 12.7. The van der Waals surface area contributed by atoms with E-state index >= 15 is 0 Å². The number of benzene rings is 2. The molecule has 1 aliphatic rings. The Morgan fingerprint density at radius 1 is 1.19 bits per heavy atom. The molecule has 1 amide bonds. The predicted octanol–water partition coefficient (Wildman–Crippen LogP) is 3.88. The Hall–Kier alpha value is -2.42. The fourth-order valence-electron chi connectivity index (χ4n) is 3.51. The smallest absolute Gasteiger partial charge is 0.242 e. The SMILES string of the molecule is Cc1ccc(S(=O)(=O)N[C@@H](CC(C)C)C(=O)Nc2cccc(OC[C@H]3CCCO3)c2)cc1. The number of rotatable bonds is 10. The Kier molecular flexibility index (Phi) is 8.28. The molecule has 0 aromatic heterocycles. The van der Waals surface area contributed by atoms with E-state index in [2.05, 4.69) is 10.0 Å². The lowest BCUT2D eigenvalue weighted by molar-refractivity contribution is -0.118. The Morgan fingerprint density at radius 2 is 1.94 bits per heavy atom. The number of sulfonamides is 1. The van der Waals surface area contributed by atoms with Crippen LogP contribution in [0.5, 0.6) is 5.75 Å². The summed E-state index contributed by atoms with van der Waals surface area (Å²) in [5.74, 6) is 0.331. The van der Waals surface area contributed by atoms with Crippen LogP contribution in [0.15, 0.2) is 53.4 Å². The quantitative estimate of drug-likeness (QED) is 0.561. The van der Waals surface area contributed by atoms with Gasteiger partial charge in [-0.25, -0.2) is 8.42 Å². The van der Waals surface area contributed by atoms with E-state index in [9.17, 15) is 13.2 Å². The first-order chi connectivity index (χ1) is 15.2. The van der Waals surface area contributed by atoms with Gasteiger partial charge in [0.05, 0.1) is 11.0 Å². The monoisotopic (exact) mass is 460 g/mol. The maximum atomic E-state index is 13.0. The van der Waals surface area contributed by atoms with Gasteiger partial charge in [-0.15, -0.1) is 0 Å². The highest BCUT2D eigenvalue weighted by atomic mass is 32.2. The van der Waals surface area contributed by atoms with Gasteiger partial charge >= 0.3 is 0 Å². The first kappa shape index (κ1) is 24.2. The summed E-state index contributed by atoms with van der Waals surface area (Å²) in [6.45, 7) is 7.00. The van der Waals surface area contributed by atoms with Crippen molar-refractivity contribution in [2.75, 3.05) is 18.5 Å². The van der Waals surface area contributed by atoms with Crippen LogP contribution in [0.1, 0.15) is 38.7 Å². The molecule has 0 spiro atoms. The summed E-state index contributed by atoms with van der Waals surface area (Å²) < 4.78 is 39.6. The number of carbonyl (C=O) groups is 1. The molecule has 2 atom stereocenters. The Labute approximate surface area is 190 Å². The molecule has 8 heteroatoms. The second-order valence-corrected chi connectivity index (χ2v) is 10.3. The molecule has 0 saturated carbocycles. The second kappa shape index (κ2) is 10.9. The van der Waals surface area contributed by atoms with Gasteiger partial charge in [0.2, 0.25) is 15.9 Å². The van der Waals surface area contributed by atoms with Gasteiger partial charge in [-0.3, -0.25) is 4.79 Å². The number of carbonyl (C=O) groups excluding carboxylic acids is 1. The lowest BCUT2D eigenvalue weighted by Crippen LogP contribution is -2.44. The highest BCUT2D eigenvalue weighted by molar-refractivity contribution is 7.89. The maximum absolute atomic E-state index is 13.0. The lowest BCUT2D eigenvalue weighted by Gasteiger charge is -2.20. The minimum atomic E-state index is -3.83. The fourth-order valence-corrected chi connectivity index (χ4v) is 4.72. The fraction of sp³-hybridized carbons (Fsp3) is 0.458. The molecule has 174 valence electrons. The molecule has 3 rings (SSSR count). The molecular formula is C24H32N2O5S. The van der Waals surface area contributed by atoms with E-state index in [-0.39, 0.29) is 16.9 Å². The molecule has 32 heavy (non-hydrogen) atoms. The van der Waals surface area contributed by atoms with E-state index in [1.807, 2.05) is 26.8 Å². The van der Waals surface area contributed by atoms with Gasteiger partial charge in [-0.1, -0.05) is 37.6 Å². The normalized spacial score (nSPS) is 17.3. The first-order valence-corrected chi connectivity index (χ1v) is 12.5. The third-order valence-corrected chi connectivity index (χ3v) is 6.70. The van der Waals surface area contributed by atoms with Crippen molar-refractivity contribution >= 4 is 21.6 Å². The van der Waals surface area contributed by atoms with Gasteiger partial charge in [0.15, 0.2) is 0 Å². The Bertz CT molecular complexity index is 999. The van der Waals surface area contributed by atoms with Crippen molar-refractivity contribution in [2.24, 2.45) is 5.92 Å². The van der Waals surface area contributed by atoms with Crippen molar-refractivity contribution in [1.82, 2.24) is 4.72 Å². The number of nitrogens with one attached hydrogen (secondary N) is 2. The molecule has 0 unspecified atom stereocenters. The van der Waals surface area contributed by atoms with E-state index < -0.39 is 22.0 Å². The molecule has 1 fully saturated rings. The predicted molar refractivity (Wildman–Crippen MR) is 124 cm³/mol. The standard InChI is InChI=1S/C24H32N2O5S/c1-17(2)14-23(26-32(28,29)22-11-9-18(3)10-12-22)24(27)25-19-6-4-7-20(15-19)31-16-21-8-5-13-30-21/h4,6-7,9-12,15,17,21,23,26H,5,8,13-14,16H2,1-3H3,(H,25,27)/t21-,23+/m1/s1. The van der Waals surface area contributed by atoms with E-state index in [0.29, 0.717) is 24.5 Å². The molecule has 0 aliphatic carbocycles. The number of aryl methyl sites for hydroxylation is 1. The summed E-state index contributed by atoms with van der Waals surface area (Å²) in [5.41, 5.74) is 1.50. The van der Waals surface area contributed by atoms with Crippen LogP contribution in [-0.2, 0) is 19.6 Å².